The van der Waals surface area contributed by atoms with Crippen molar-refractivity contribution in [1.82, 2.24) is 14.9 Å². The van der Waals surface area contributed by atoms with E-state index < -0.39 is 0 Å². The van der Waals surface area contributed by atoms with Crippen LogP contribution in [0.5, 0.6) is 0 Å². The molecule has 0 bridgehead atoms. The molecule has 2 saturated heterocycles. The Bertz CT molecular complexity index is 860. The van der Waals surface area contributed by atoms with Crippen LogP contribution >= 0.6 is 11.6 Å². The Hall–Kier alpha value is -2.34. The standard InChI is InChI=1S/C22H28ClN5O/c1-17-24-20(26-9-2-3-10-26)16-21(25-17)27-11-13-28(14-12-27)22(29)8-7-18-5-4-6-19(23)15-18/h4-6,15-16H,2-3,7-14H2,1H3. The minimum atomic E-state index is 0.209. The van der Waals surface area contributed by atoms with Crippen LogP contribution in [0.2, 0.25) is 5.02 Å². The number of anilines is 2. The number of carbonyl (C=O) groups is 1. The zero-order valence-electron chi connectivity index (χ0n) is 17.0. The number of halogens is 1. The Kier molecular flexibility index (Phi) is 6.19. The highest BCUT2D eigenvalue weighted by Gasteiger charge is 2.23. The Balaban J connectivity index is 1.32. The van der Waals surface area contributed by atoms with E-state index in [9.17, 15) is 4.79 Å². The number of aromatic nitrogens is 2. The van der Waals surface area contributed by atoms with Gasteiger partial charge in [-0.05, 0) is 43.9 Å². The number of hydrogen-bond donors (Lipinski definition) is 0. The summed E-state index contributed by atoms with van der Waals surface area (Å²) in [4.78, 5) is 28.5. The van der Waals surface area contributed by atoms with Gasteiger partial charge in [-0.3, -0.25) is 4.79 Å². The fourth-order valence-corrected chi connectivity index (χ4v) is 4.31. The molecular formula is C22H28ClN5O. The van der Waals surface area contributed by atoms with Gasteiger partial charge in [0.1, 0.15) is 17.5 Å². The molecule has 0 N–H and O–H groups in total. The van der Waals surface area contributed by atoms with Crippen LogP contribution in [0.1, 0.15) is 30.7 Å². The molecule has 4 rings (SSSR count). The number of nitrogens with zero attached hydrogens (tertiary/aromatic N) is 5. The largest absolute Gasteiger partial charge is 0.356 e. The lowest BCUT2D eigenvalue weighted by Crippen LogP contribution is -2.49. The molecule has 29 heavy (non-hydrogen) atoms. The Morgan fingerprint density at radius 1 is 0.966 bits per heavy atom. The third-order valence-electron chi connectivity index (χ3n) is 5.71. The fourth-order valence-electron chi connectivity index (χ4n) is 4.09. The number of hydrogen-bond acceptors (Lipinski definition) is 5. The molecular weight excluding hydrogens is 386 g/mol. The number of rotatable bonds is 5. The molecule has 1 aromatic carbocycles. The highest BCUT2D eigenvalue weighted by molar-refractivity contribution is 6.30. The molecule has 6 nitrogen and oxygen atoms in total. The highest BCUT2D eigenvalue weighted by Crippen LogP contribution is 2.23. The number of aryl methyl sites for hydroxylation is 2. The molecule has 1 aromatic heterocycles. The lowest BCUT2D eigenvalue weighted by molar-refractivity contribution is -0.131. The third kappa shape index (κ3) is 4.99. The van der Waals surface area contributed by atoms with E-state index in [0.29, 0.717) is 6.42 Å². The molecule has 0 aliphatic carbocycles. The van der Waals surface area contributed by atoms with E-state index in [1.807, 2.05) is 36.1 Å². The maximum Gasteiger partial charge on any atom is 0.223 e. The Labute approximate surface area is 177 Å². The highest BCUT2D eigenvalue weighted by atomic mass is 35.5. The van der Waals surface area contributed by atoms with Crippen molar-refractivity contribution in [1.29, 1.82) is 0 Å². The van der Waals surface area contributed by atoms with Crippen LogP contribution < -0.4 is 9.80 Å². The number of benzene rings is 1. The average molecular weight is 414 g/mol. The van der Waals surface area contributed by atoms with Crippen molar-refractivity contribution >= 4 is 29.1 Å². The van der Waals surface area contributed by atoms with E-state index in [1.165, 1.54) is 12.8 Å². The number of carbonyl (C=O) groups excluding carboxylic acids is 1. The molecule has 2 aliphatic heterocycles. The summed E-state index contributed by atoms with van der Waals surface area (Å²) in [6.07, 6.45) is 3.71. The molecule has 0 radical (unpaired) electrons. The predicted molar refractivity (Wildman–Crippen MR) is 117 cm³/mol. The average Bonchev–Trinajstić information content (AvgIpc) is 3.27. The molecule has 154 valence electrons. The second kappa shape index (κ2) is 8.99. The second-order valence-electron chi connectivity index (χ2n) is 7.82. The quantitative estimate of drug-likeness (QED) is 0.752. The van der Waals surface area contributed by atoms with Gasteiger partial charge in [0, 0.05) is 56.8 Å². The maximum absolute atomic E-state index is 12.6. The van der Waals surface area contributed by atoms with Gasteiger partial charge in [-0.25, -0.2) is 9.97 Å². The van der Waals surface area contributed by atoms with E-state index in [2.05, 4.69) is 25.8 Å². The molecule has 0 spiro atoms. The molecule has 0 unspecified atom stereocenters. The van der Waals surface area contributed by atoms with Gasteiger partial charge in [-0.1, -0.05) is 23.7 Å². The number of piperazine rings is 1. The lowest BCUT2D eigenvalue weighted by atomic mass is 10.1. The fraction of sp³-hybridized carbons (Fsp3) is 0.500. The molecule has 0 atom stereocenters. The van der Waals surface area contributed by atoms with Gasteiger partial charge in [0.25, 0.3) is 0 Å². The van der Waals surface area contributed by atoms with Gasteiger partial charge in [0.2, 0.25) is 5.91 Å². The molecule has 2 aliphatic rings. The Morgan fingerprint density at radius 3 is 2.28 bits per heavy atom. The maximum atomic E-state index is 12.6. The van der Waals surface area contributed by atoms with Crippen molar-refractivity contribution in [3.8, 4) is 0 Å². The van der Waals surface area contributed by atoms with E-state index in [-0.39, 0.29) is 5.91 Å². The normalized spacial score (nSPS) is 17.1. The zero-order valence-corrected chi connectivity index (χ0v) is 17.7. The molecule has 2 fully saturated rings. The minimum Gasteiger partial charge on any atom is -0.356 e. The van der Waals surface area contributed by atoms with E-state index in [4.69, 9.17) is 11.6 Å². The molecule has 0 saturated carbocycles. The summed E-state index contributed by atoms with van der Waals surface area (Å²) in [5.74, 6) is 3.03. The minimum absolute atomic E-state index is 0.209. The summed E-state index contributed by atoms with van der Waals surface area (Å²) in [7, 11) is 0. The van der Waals surface area contributed by atoms with Crippen LogP contribution in [0.3, 0.4) is 0 Å². The van der Waals surface area contributed by atoms with Crippen molar-refractivity contribution < 1.29 is 4.79 Å². The van der Waals surface area contributed by atoms with E-state index >= 15 is 0 Å². The smallest absolute Gasteiger partial charge is 0.223 e. The molecule has 7 heteroatoms. The summed E-state index contributed by atoms with van der Waals surface area (Å²) in [5.41, 5.74) is 1.11. The van der Waals surface area contributed by atoms with Crippen LogP contribution in [0.4, 0.5) is 11.6 Å². The van der Waals surface area contributed by atoms with Gasteiger partial charge in [0.05, 0.1) is 0 Å². The zero-order chi connectivity index (χ0) is 20.2. The van der Waals surface area contributed by atoms with Crippen molar-refractivity contribution in [2.24, 2.45) is 0 Å². The third-order valence-corrected chi connectivity index (χ3v) is 5.95. The second-order valence-corrected chi connectivity index (χ2v) is 8.26. The first-order chi connectivity index (χ1) is 14.1. The summed E-state index contributed by atoms with van der Waals surface area (Å²) >= 11 is 6.03. The van der Waals surface area contributed by atoms with Crippen molar-refractivity contribution in [3.63, 3.8) is 0 Å². The van der Waals surface area contributed by atoms with Crippen molar-refractivity contribution in [2.45, 2.75) is 32.6 Å². The van der Waals surface area contributed by atoms with Crippen LogP contribution in [0.15, 0.2) is 30.3 Å². The van der Waals surface area contributed by atoms with Crippen LogP contribution in [0.25, 0.3) is 0 Å². The first-order valence-corrected chi connectivity index (χ1v) is 10.8. The SMILES string of the molecule is Cc1nc(N2CCCC2)cc(N2CCN(C(=O)CCc3cccc(Cl)c3)CC2)n1. The topological polar surface area (TPSA) is 52.6 Å². The van der Waals surface area contributed by atoms with Crippen molar-refractivity contribution in [2.75, 3.05) is 49.1 Å². The van der Waals surface area contributed by atoms with Gasteiger partial charge < -0.3 is 14.7 Å². The van der Waals surface area contributed by atoms with E-state index in [0.717, 1.165) is 73.7 Å². The van der Waals surface area contributed by atoms with Gasteiger partial charge in [-0.2, -0.15) is 0 Å². The summed E-state index contributed by atoms with van der Waals surface area (Å²) in [5, 5.41) is 0.719. The summed E-state index contributed by atoms with van der Waals surface area (Å²) < 4.78 is 0. The first kappa shape index (κ1) is 20.0. The lowest BCUT2D eigenvalue weighted by Gasteiger charge is -2.36. The summed E-state index contributed by atoms with van der Waals surface area (Å²) in [6, 6.07) is 9.85. The summed E-state index contributed by atoms with van der Waals surface area (Å²) in [6.45, 7) is 7.18. The Morgan fingerprint density at radius 2 is 1.62 bits per heavy atom. The monoisotopic (exact) mass is 413 g/mol. The van der Waals surface area contributed by atoms with Crippen LogP contribution in [0, 0.1) is 6.92 Å². The van der Waals surface area contributed by atoms with Gasteiger partial charge in [0.15, 0.2) is 0 Å². The molecule has 3 heterocycles. The van der Waals surface area contributed by atoms with Gasteiger partial charge >= 0.3 is 0 Å². The van der Waals surface area contributed by atoms with Crippen LogP contribution in [-0.4, -0.2) is 60.0 Å². The van der Waals surface area contributed by atoms with Gasteiger partial charge in [-0.15, -0.1) is 0 Å². The van der Waals surface area contributed by atoms with Crippen LogP contribution in [-0.2, 0) is 11.2 Å². The molecule has 2 aromatic rings. The number of amides is 1. The molecule has 1 amide bonds. The predicted octanol–water partition coefficient (Wildman–Crippen LogP) is 3.32. The van der Waals surface area contributed by atoms with E-state index in [1.54, 1.807) is 0 Å². The van der Waals surface area contributed by atoms with Crippen molar-refractivity contribution in [3.05, 3.63) is 46.7 Å². The first-order valence-electron chi connectivity index (χ1n) is 10.5.